The van der Waals surface area contributed by atoms with Crippen LogP contribution in [-0.4, -0.2) is 16.8 Å². The van der Waals surface area contributed by atoms with E-state index in [1.165, 1.54) is 0 Å². The average molecular weight is 284 g/mol. The monoisotopic (exact) mass is 283 g/mol. The molecule has 0 aliphatic carbocycles. The number of hydrogen-bond donors (Lipinski definition) is 1. The summed E-state index contributed by atoms with van der Waals surface area (Å²) in [5.41, 5.74) is 2.09. The summed E-state index contributed by atoms with van der Waals surface area (Å²) in [4.78, 5) is 0. The summed E-state index contributed by atoms with van der Waals surface area (Å²) in [5, 5.41) is 8.85. The van der Waals surface area contributed by atoms with E-state index >= 15 is 0 Å². The van der Waals surface area contributed by atoms with Crippen LogP contribution in [0.25, 0.3) is 0 Å². The first-order chi connectivity index (χ1) is 8.67. The lowest BCUT2D eigenvalue weighted by Crippen LogP contribution is -2.21. The fourth-order valence-electron chi connectivity index (χ4n) is 2.05. The van der Waals surface area contributed by atoms with Crippen LogP contribution in [0.5, 0.6) is 0 Å². The molecule has 0 amide bonds. The third-order valence-electron chi connectivity index (χ3n) is 2.91. The van der Waals surface area contributed by atoms with Gasteiger partial charge >= 0.3 is 0 Å². The van der Waals surface area contributed by atoms with Crippen LogP contribution in [0.3, 0.4) is 0 Å². The van der Waals surface area contributed by atoms with Gasteiger partial charge in [-0.3, -0.25) is 4.68 Å². The molecule has 0 saturated carbocycles. The molecule has 0 aliphatic rings. The minimum atomic E-state index is 0.0113. The van der Waals surface area contributed by atoms with Crippen molar-refractivity contribution in [3.8, 4) is 0 Å². The molecule has 1 atom stereocenters. The van der Waals surface area contributed by atoms with E-state index in [9.17, 15) is 0 Å². The molecular formula is C13H15Cl2N3. The molecule has 0 spiro atoms. The smallest absolute Gasteiger partial charge is 0.0760 e. The summed E-state index contributed by atoms with van der Waals surface area (Å²) >= 11 is 12.2. The highest BCUT2D eigenvalue weighted by atomic mass is 35.5. The maximum absolute atomic E-state index is 6.26. The zero-order valence-electron chi connectivity index (χ0n) is 10.3. The van der Waals surface area contributed by atoms with Crippen LogP contribution in [0.2, 0.25) is 10.0 Å². The van der Waals surface area contributed by atoms with Crippen molar-refractivity contribution < 1.29 is 0 Å². The van der Waals surface area contributed by atoms with Gasteiger partial charge in [0.05, 0.1) is 11.7 Å². The van der Waals surface area contributed by atoms with Gasteiger partial charge in [0.15, 0.2) is 0 Å². The first-order valence-electron chi connectivity index (χ1n) is 5.81. The van der Waals surface area contributed by atoms with Gasteiger partial charge in [-0.05, 0) is 37.7 Å². The molecule has 1 heterocycles. The first kappa shape index (κ1) is 13.4. The van der Waals surface area contributed by atoms with Crippen LogP contribution in [0.15, 0.2) is 30.5 Å². The summed E-state index contributed by atoms with van der Waals surface area (Å²) in [6, 6.07) is 7.56. The highest BCUT2D eigenvalue weighted by Crippen LogP contribution is 2.30. The van der Waals surface area contributed by atoms with Crippen molar-refractivity contribution in [2.24, 2.45) is 0 Å². The van der Waals surface area contributed by atoms with Gasteiger partial charge in [-0.1, -0.05) is 29.3 Å². The van der Waals surface area contributed by atoms with E-state index in [0.717, 1.165) is 17.8 Å². The highest BCUT2D eigenvalue weighted by Gasteiger charge is 2.18. The van der Waals surface area contributed by atoms with Crippen LogP contribution in [0.4, 0.5) is 0 Å². The molecule has 5 heteroatoms. The molecule has 1 aromatic heterocycles. The number of hydrogen-bond acceptors (Lipinski definition) is 2. The van der Waals surface area contributed by atoms with Crippen molar-refractivity contribution in [3.05, 3.63) is 51.8 Å². The second-order valence-electron chi connectivity index (χ2n) is 3.96. The lowest BCUT2D eigenvalue weighted by molar-refractivity contribution is 0.563. The third kappa shape index (κ3) is 2.53. The SMILES string of the molecule is CCn1nccc1C(NC)c1ccc(Cl)cc1Cl. The Labute approximate surface area is 117 Å². The molecule has 18 heavy (non-hydrogen) atoms. The number of nitrogens with one attached hydrogen (secondary N) is 1. The zero-order chi connectivity index (χ0) is 13.1. The van der Waals surface area contributed by atoms with Gasteiger partial charge < -0.3 is 5.32 Å². The number of nitrogens with zero attached hydrogens (tertiary/aromatic N) is 2. The number of benzene rings is 1. The van der Waals surface area contributed by atoms with E-state index in [1.54, 1.807) is 12.3 Å². The third-order valence-corrected chi connectivity index (χ3v) is 3.47. The van der Waals surface area contributed by atoms with E-state index in [4.69, 9.17) is 23.2 Å². The second kappa shape index (κ2) is 5.74. The molecule has 1 aromatic carbocycles. The first-order valence-corrected chi connectivity index (χ1v) is 6.57. The molecule has 2 rings (SSSR count). The summed E-state index contributed by atoms with van der Waals surface area (Å²) in [6.07, 6.45) is 1.80. The molecule has 1 N–H and O–H groups in total. The largest absolute Gasteiger partial charge is 0.308 e. The average Bonchev–Trinajstić information content (AvgIpc) is 2.81. The number of aromatic nitrogens is 2. The Morgan fingerprint density at radius 3 is 2.72 bits per heavy atom. The lowest BCUT2D eigenvalue weighted by Gasteiger charge is -2.19. The van der Waals surface area contributed by atoms with Gasteiger partial charge in [0.1, 0.15) is 0 Å². The Kier molecular flexibility index (Phi) is 4.27. The number of aryl methyl sites for hydroxylation is 1. The quantitative estimate of drug-likeness (QED) is 0.931. The summed E-state index contributed by atoms with van der Waals surface area (Å²) in [6.45, 7) is 2.89. The molecule has 0 saturated heterocycles. The lowest BCUT2D eigenvalue weighted by atomic mass is 10.0. The molecule has 1 unspecified atom stereocenters. The Morgan fingerprint density at radius 1 is 1.33 bits per heavy atom. The molecule has 3 nitrogen and oxygen atoms in total. The maximum atomic E-state index is 6.26. The van der Waals surface area contributed by atoms with Crippen LogP contribution >= 0.6 is 23.2 Å². The molecular weight excluding hydrogens is 269 g/mol. The predicted octanol–water partition coefficient (Wildman–Crippen LogP) is 3.52. The Morgan fingerprint density at radius 2 is 2.11 bits per heavy atom. The van der Waals surface area contributed by atoms with Crippen LogP contribution in [-0.2, 0) is 6.54 Å². The Balaban J connectivity index is 2.45. The van der Waals surface area contributed by atoms with Crippen molar-refractivity contribution in [1.29, 1.82) is 0 Å². The fourth-order valence-corrected chi connectivity index (χ4v) is 2.57. The van der Waals surface area contributed by atoms with Gasteiger partial charge in [0.2, 0.25) is 0 Å². The molecule has 0 bridgehead atoms. The van der Waals surface area contributed by atoms with Crippen molar-refractivity contribution in [1.82, 2.24) is 15.1 Å². The number of rotatable bonds is 4. The second-order valence-corrected chi connectivity index (χ2v) is 4.80. The van der Waals surface area contributed by atoms with E-state index < -0.39 is 0 Å². The Bertz CT molecular complexity index is 537. The summed E-state index contributed by atoms with van der Waals surface area (Å²) < 4.78 is 1.95. The molecule has 2 aromatic rings. The predicted molar refractivity (Wildman–Crippen MR) is 75.3 cm³/mol. The standard InChI is InChI=1S/C13H15Cl2N3/c1-3-18-12(6-7-17-18)13(16-2)10-5-4-9(14)8-11(10)15/h4-8,13,16H,3H2,1-2H3. The van der Waals surface area contributed by atoms with Crippen molar-refractivity contribution >= 4 is 23.2 Å². The summed E-state index contributed by atoms with van der Waals surface area (Å²) in [7, 11) is 1.91. The van der Waals surface area contributed by atoms with Crippen molar-refractivity contribution in [2.45, 2.75) is 19.5 Å². The minimum absolute atomic E-state index is 0.0113. The van der Waals surface area contributed by atoms with Gasteiger partial charge in [-0.15, -0.1) is 0 Å². The molecule has 96 valence electrons. The van der Waals surface area contributed by atoms with Crippen LogP contribution in [0, 0.1) is 0 Å². The van der Waals surface area contributed by atoms with Crippen molar-refractivity contribution in [3.63, 3.8) is 0 Å². The maximum Gasteiger partial charge on any atom is 0.0760 e. The normalized spacial score (nSPS) is 12.7. The minimum Gasteiger partial charge on any atom is -0.308 e. The summed E-state index contributed by atoms with van der Waals surface area (Å²) in [5.74, 6) is 0. The van der Waals surface area contributed by atoms with E-state index in [0.29, 0.717) is 10.0 Å². The van der Waals surface area contributed by atoms with Crippen LogP contribution < -0.4 is 5.32 Å². The van der Waals surface area contributed by atoms with Crippen LogP contribution in [0.1, 0.15) is 24.2 Å². The number of halogens is 2. The van der Waals surface area contributed by atoms with Gasteiger partial charge in [0.25, 0.3) is 0 Å². The van der Waals surface area contributed by atoms with Crippen molar-refractivity contribution in [2.75, 3.05) is 7.05 Å². The highest BCUT2D eigenvalue weighted by molar-refractivity contribution is 6.35. The zero-order valence-corrected chi connectivity index (χ0v) is 11.8. The van der Waals surface area contributed by atoms with Gasteiger partial charge in [-0.2, -0.15) is 5.10 Å². The Hall–Kier alpha value is -1.03. The molecule has 0 fully saturated rings. The van der Waals surface area contributed by atoms with E-state index in [-0.39, 0.29) is 6.04 Å². The van der Waals surface area contributed by atoms with Gasteiger partial charge in [0, 0.05) is 22.8 Å². The molecule has 0 aliphatic heterocycles. The molecule has 0 radical (unpaired) electrons. The van der Waals surface area contributed by atoms with E-state index in [2.05, 4.69) is 17.3 Å². The van der Waals surface area contributed by atoms with E-state index in [1.807, 2.05) is 29.9 Å². The fraction of sp³-hybridized carbons (Fsp3) is 0.308. The topological polar surface area (TPSA) is 29.9 Å². The van der Waals surface area contributed by atoms with Gasteiger partial charge in [-0.25, -0.2) is 0 Å².